The maximum Gasteiger partial charge on any atom is 0.417 e. The van der Waals surface area contributed by atoms with Gasteiger partial charge < -0.3 is 9.13 Å². The molecule has 446 valence electrons. The zero-order valence-electron chi connectivity index (χ0n) is 50.9. The summed E-state index contributed by atoms with van der Waals surface area (Å²) in [5, 5.41) is 2.94. The smallest absolute Gasteiger partial charge is 0.309 e. The van der Waals surface area contributed by atoms with Gasteiger partial charge in [0.15, 0.2) is 40.8 Å². The normalized spacial score (nSPS) is 11.9. The van der Waals surface area contributed by atoms with E-state index in [1.165, 1.54) is 6.07 Å². The second kappa shape index (κ2) is 22.1. The maximum absolute atomic E-state index is 16.9. The van der Waals surface area contributed by atoms with Crippen molar-refractivity contribution in [2.24, 2.45) is 0 Å². The monoisotopic (exact) mass is 1210 g/mol. The number of hydrogen-bond acceptors (Lipinski definition) is 15. The zero-order chi connectivity index (χ0) is 63.3. The summed E-state index contributed by atoms with van der Waals surface area (Å²) in [6.45, 7) is 14.5. The van der Waals surface area contributed by atoms with Crippen LogP contribution in [0.5, 0.6) is 0 Å². The van der Waals surface area contributed by atoms with Crippen molar-refractivity contribution in [1.82, 2.24) is 83.9 Å². The van der Waals surface area contributed by atoms with Gasteiger partial charge in [0.05, 0.1) is 39.0 Å². The molecule has 7 aromatic heterocycles. The summed E-state index contributed by atoms with van der Waals surface area (Å²) in [5.74, 6) is 7.21. The molecule has 0 bridgehead atoms. The Morgan fingerprint density at radius 1 is 0.261 bits per heavy atom. The molecule has 0 atom stereocenters. The maximum atomic E-state index is 16.9. The minimum absolute atomic E-state index is 0.118. The number of alkyl halides is 3. The highest BCUT2D eigenvalue weighted by Gasteiger charge is 2.37. The Bertz CT molecular complexity index is 5160. The first-order chi connectivity index (χ1) is 44.4. The molecule has 92 heavy (non-hydrogen) atoms. The van der Waals surface area contributed by atoms with E-state index in [4.69, 9.17) is 54.8 Å². The van der Waals surface area contributed by atoms with Crippen molar-refractivity contribution >= 4 is 43.6 Å². The Morgan fingerprint density at radius 3 is 0.891 bits per heavy atom. The Morgan fingerprint density at radius 2 is 0.554 bits per heavy atom. The van der Waals surface area contributed by atoms with Crippen LogP contribution in [0.25, 0.3) is 146 Å². The molecule has 15 aromatic rings. The number of nitrogens with zero attached hydrogens (tertiary/aromatic N) is 17. The van der Waals surface area contributed by atoms with Crippen LogP contribution in [0.3, 0.4) is 0 Å². The molecule has 0 aliphatic heterocycles. The average molecular weight is 1210 g/mol. The summed E-state index contributed by atoms with van der Waals surface area (Å²) >= 11 is 0. The topological polar surface area (TPSA) is 203 Å². The molecular weight excluding hydrogens is 1160 g/mol. The van der Waals surface area contributed by atoms with E-state index >= 15 is 13.2 Å². The molecule has 17 nitrogen and oxygen atoms in total. The Kier molecular flexibility index (Phi) is 13.6. The fraction of sp³-hybridized carbons (Fsp3) is 0.125. The first kappa shape index (κ1) is 56.7. The summed E-state index contributed by atoms with van der Waals surface area (Å²) in [5.41, 5.74) is 7.07. The number of aromatic nitrogens is 17. The molecule has 0 amide bonds. The largest absolute Gasteiger partial charge is 0.417 e. The highest BCUT2D eigenvalue weighted by molar-refractivity contribution is 6.14. The fourth-order valence-corrected chi connectivity index (χ4v) is 12.4. The van der Waals surface area contributed by atoms with E-state index in [-0.39, 0.29) is 22.6 Å². The van der Waals surface area contributed by atoms with Gasteiger partial charge in [-0.2, -0.15) is 13.2 Å². The van der Waals surface area contributed by atoms with Gasteiger partial charge in [-0.05, 0) is 159 Å². The van der Waals surface area contributed by atoms with Gasteiger partial charge in [-0.3, -0.25) is 0 Å². The van der Waals surface area contributed by atoms with Crippen molar-refractivity contribution in [2.75, 3.05) is 0 Å². The van der Waals surface area contributed by atoms with E-state index in [0.717, 1.165) is 28.0 Å². The van der Waals surface area contributed by atoms with Crippen LogP contribution in [0.4, 0.5) is 13.2 Å². The van der Waals surface area contributed by atoms with E-state index in [1.54, 1.807) is 12.1 Å². The van der Waals surface area contributed by atoms with Gasteiger partial charge >= 0.3 is 6.18 Å². The third-order valence-corrected chi connectivity index (χ3v) is 16.1. The van der Waals surface area contributed by atoms with Crippen LogP contribution in [0.15, 0.2) is 170 Å². The second-order valence-corrected chi connectivity index (χ2v) is 22.6. The van der Waals surface area contributed by atoms with Crippen LogP contribution in [0, 0.1) is 55.4 Å². The fourth-order valence-electron chi connectivity index (χ4n) is 12.4. The van der Waals surface area contributed by atoms with Gasteiger partial charge in [0, 0.05) is 71.6 Å². The molecule has 0 fully saturated rings. The van der Waals surface area contributed by atoms with Crippen molar-refractivity contribution in [3.8, 4) is 102 Å². The summed E-state index contributed by atoms with van der Waals surface area (Å²) in [4.78, 5) is 70.9. The lowest BCUT2D eigenvalue weighted by Gasteiger charge is -2.23. The lowest BCUT2D eigenvalue weighted by Crippen LogP contribution is -2.11. The molecule has 20 heteroatoms. The van der Waals surface area contributed by atoms with Crippen molar-refractivity contribution in [3.05, 3.63) is 222 Å². The first-order valence-electron chi connectivity index (χ1n) is 29.6. The first-order valence-corrected chi connectivity index (χ1v) is 29.6. The van der Waals surface area contributed by atoms with Crippen LogP contribution in [-0.2, 0) is 6.18 Å². The molecule has 0 aliphatic carbocycles. The second-order valence-electron chi connectivity index (χ2n) is 22.6. The summed E-state index contributed by atoms with van der Waals surface area (Å²) in [7, 11) is 0. The molecule has 0 aliphatic rings. The predicted molar refractivity (Wildman–Crippen MR) is 348 cm³/mol. The van der Waals surface area contributed by atoms with Gasteiger partial charge in [-0.25, -0.2) is 74.8 Å². The summed E-state index contributed by atoms with van der Waals surface area (Å²) in [6.07, 6.45) is -4.92. The van der Waals surface area contributed by atoms with Crippen LogP contribution >= 0.6 is 0 Å². The molecule has 8 aromatic carbocycles. The van der Waals surface area contributed by atoms with Crippen molar-refractivity contribution in [2.45, 2.75) is 61.6 Å². The molecule has 7 heterocycles. The van der Waals surface area contributed by atoms with Gasteiger partial charge in [-0.1, -0.05) is 66.7 Å². The third-order valence-electron chi connectivity index (χ3n) is 16.1. The van der Waals surface area contributed by atoms with Gasteiger partial charge in [-0.15, -0.1) is 0 Å². The van der Waals surface area contributed by atoms with E-state index in [2.05, 4.69) is 19.9 Å². The van der Waals surface area contributed by atoms with Gasteiger partial charge in [0.2, 0.25) is 0 Å². The number of hydrogen-bond donors (Lipinski definition) is 0. The Hall–Kier alpha value is -11.8. The Labute approximate surface area is 524 Å². The number of halogens is 3. The SMILES string of the molecule is Cc1nc(C)nc(-c2ccc3c(c2)c2cc(-c4nc(C)nc(C)n4)ccc2n3-c2ccc(-c3nc(-c4ccccc4)nc(-c4ccccc4)n3)cc2-c2c(-n3c4ccc(-c5nc(C)nc(C)n5)cc4c4cc(-c5nc(C)nc(C)n5)ccc43)cccc2C(F)(F)F)n1. The third kappa shape index (κ3) is 10.3. The number of aryl methyl sites for hydroxylation is 8. The molecule has 0 saturated heterocycles. The lowest BCUT2D eigenvalue weighted by atomic mass is 9.93. The zero-order valence-corrected chi connectivity index (χ0v) is 50.9. The van der Waals surface area contributed by atoms with Crippen LogP contribution in [0.2, 0.25) is 0 Å². The van der Waals surface area contributed by atoms with Crippen molar-refractivity contribution < 1.29 is 13.2 Å². The average Bonchev–Trinajstić information content (AvgIpc) is 1.52. The van der Waals surface area contributed by atoms with E-state index in [9.17, 15) is 0 Å². The van der Waals surface area contributed by atoms with E-state index in [0.29, 0.717) is 148 Å². The predicted octanol–water partition coefficient (Wildman–Crippen LogP) is 15.6. The molecule has 15 rings (SSSR count). The van der Waals surface area contributed by atoms with Crippen LogP contribution in [-0.4, -0.2) is 83.9 Å². The van der Waals surface area contributed by atoms with Crippen molar-refractivity contribution in [1.29, 1.82) is 0 Å². The number of rotatable bonds is 10. The minimum atomic E-state index is -4.92. The van der Waals surface area contributed by atoms with Gasteiger partial charge in [0.25, 0.3) is 0 Å². The van der Waals surface area contributed by atoms with Crippen molar-refractivity contribution in [3.63, 3.8) is 0 Å². The summed E-state index contributed by atoms with van der Waals surface area (Å²) in [6, 6.07) is 52.3. The standard InChI is InChI=1S/C72H52F3N17/c1-37-76-38(2)81-67(80-37)47-22-27-58-52(32-47)53-33-48(68-82-39(3)77-40(4)83-68)23-28-59(53)91(58)62-31-26-51(71-89-65(45-16-11-9-12-17-45)88-66(90-71)46-18-13-10-14-19-46)36-56(62)64-57(72(73,74)75)20-15-21-63(64)92-60-29-24-49(69-84-41(5)78-42(6)85-69)34-54(60)55-35-50(25-30-61(55)92)70-86-43(7)79-44(8)87-70/h9-36H,1-8H3. The molecular formula is C72H52F3N17. The minimum Gasteiger partial charge on any atom is -0.309 e. The molecule has 0 radical (unpaired) electrons. The number of fused-ring (bicyclic) bond motifs is 6. The van der Waals surface area contributed by atoms with E-state index < -0.39 is 11.7 Å². The highest BCUT2D eigenvalue weighted by Crippen LogP contribution is 2.48. The van der Waals surface area contributed by atoms with Crippen LogP contribution in [0.1, 0.15) is 52.2 Å². The Balaban J connectivity index is 1.06. The lowest BCUT2D eigenvalue weighted by molar-refractivity contribution is -0.137. The quantitative estimate of drug-likeness (QED) is 0.125. The molecule has 0 saturated carbocycles. The molecule has 0 unspecified atom stereocenters. The van der Waals surface area contributed by atoms with E-state index in [1.807, 2.05) is 210 Å². The van der Waals surface area contributed by atoms with Gasteiger partial charge in [0.1, 0.15) is 46.6 Å². The molecule has 0 spiro atoms. The van der Waals surface area contributed by atoms with Crippen LogP contribution < -0.4 is 0 Å². The number of benzene rings is 8. The molecule has 0 N–H and O–H groups in total. The highest BCUT2D eigenvalue weighted by atomic mass is 19.4. The summed E-state index contributed by atoms with van der Waals surface area (Å²) < 4.78 is 54.6.